The topological polar surface area (TPSA) is 59.0 Å². The van der Waals surface area contributed by atoms with Crippen molar-refractivity contribution < 1.29 is 4.74 Å². The highest BCUT2D eigenvalue weighted by Gasteiger charge is 2.03. The lowest BCUT2D eigenvalue weighted by Crippen LogP contribution is -2.06. The fourth-order valence-corrected chi connectivity index (χ4v) is 1.78. The van der Waals surface area contributed by atoms with Crippen molar-refractivity contribution in [2.24, 2.45) is 5.73 Å². The lowest BCUT2D eigenvalue weighted by Gasteiger charge is -2.10. The minimum absolute atomic E-state index is 0.531. The predicted molar refractivity (Wildman–Crippen MR) is 67.2 cm³/mol. The van der Waals surface area contributed by atoms with Gasteiger partial charge in [0.15, 0.2) is 0 Å². The Hall–Kier alpha value is -1.05. The minimum Gasteiger partial charge on any atom is -0.493 e. The van der Waals surface area contributed by atoms with Gasteiger partial charge in [-0.25, -0.2) is 0 Å². The summed E-state index contributed by atoms with van der Waals surface area (Å²) >= 11 is 3.42. The number of halogens is 1. The Bertz CT molecular complexity index is 374. The molecule has 0 aliphatic rings. The van der Waals surface area contributed by atoms with Gasteiger partial charge in [-0.15, -0.1) is 0 Å². The second-order valence-electron chi connectivity index (χ2n) is 3.40. The molecule has 0 atom stereocenters. The molecule has 1 aromatic rings. The molecule has 0 fully saturated rings. The Balaban J connectivity index is 2.60. The Morgan fingerprint density at radius 3 is 2.94 bits per heavy atom. The molecule has 0 bridgehead atoms. The summed E-state index contributed by atoms with van der Waals surface area (Å²) < 4.78 is 6.65. The predicted octanol–water partition coefficient (Wildman–Crippen LogP) is 2.63. The van der Waals surface area contributed by atoms with Crippen LogP contribution < -0.4 is 10.5 Å². The van der Waals surface area contributed by atoms with E-state index < -0.39 is 0 Å². The molecule has 0 radical (unpaired) electrons. The molecule has 0 aliphatic heterocycles. The molecule has 2 N–H and O–H groups in total. The second kappa shape index (κ2) is 7.26. The van der Waals surface area contributed by atoms with Gasteiger partial charge in [-0.3, -0.25) is 0 Å². The molecule has 0 saturated carbocycles. The molecule has 0 saturated heterocycles. The number of nitrogens with zero attached hydrogens (tertiary/aromatic N) is 1. The molecular weight excluding hydrogens is 268 g/mol. The summed E-state index contributed by atoms with van der Waals surface area (Å²) in [6.07, 6.45) is 2.09. The number of unbranched alkanes of at least 4 members (excludes halogenated alkanes) is 1. The van der Waals surface area contributed by atoms with Gasteiger partial charge in [0.25, 0.3) is 0 Å². The van der Waals surface area contributed by atoms with Crippen LogP contribution in [0.1, 0.15) is 18.4 Å². The molecule has 16 heavy (non-hydrogen) atoms. The molecule has 1 rings (SSSR count). The van der Waals surface area contributed by atoms with Crippen molar-refractivity contribution in [3.05, 3.63) is 28.2 Å². The summed E-state index contributed by atoms with van der Waals surface area (Å²) in [7, 11) is 0. The van der Waals surface area contributed by atoms with Gasteiger partial charge in [-0.05, 0) is 43.1 Å². The van der Waals surface area contributed by atoms with Crippen LogP contribution in [0.25, 0.3) is 0 Å². The summed E-state index contributed by atoms with van der Waals surface area (Å²) in [5.74, 6) is 0.867. The highest BCUT2D eigenvalue weighted by molar-refractivity contribution is 9.10. The SMILES string of the molecule is N#CCCCOc1ccc(Br)cc1CCN. The number of ether oxygens (including phenoxy) is 1. The minimum atomic E-state index is 0.531. The quantitative estimate of drug-likeness (QED) is 0.816. The zero-order valence-corrected chi connectivity index (χ0v) is 10.7. The van der Waals surface area contributed by atoms with Gasteiger partial charge in [0.05, 0.1) is 12.7 Å². The van der Waals surface area contributed by atoms with Crippen molar-refractivity contribution in [1.29, 1.82) is 5.26 Å². The third kappa shape index (κ3) is 4.21. The van der Waals surface area contributed by atoms with Crippen molar-refractivity contribution in [3.8, 4) is 11.8 Å². The monoisotopic (exact) mass is 282 g/mol. The van der Waals surface area contributed by atoms with Gasteiger partial charge < -0.3 is 10.5 Å². The highest BCUT2D eigenvalue weighted by atomic mass is 79.9. The fraction of sp³-hybridized carbons (Fsp3) is 0.417. The van der Waals surface area contributed by atoms with E-state index in [9.17, 15) is 0 Å². The van der Waals surface area contributed by atoms with E-state index in [-0.39, 0.29) is 0 Å². The maximum atomic E-state index is 8.41. The third-order valence-electron chi connectivity index (χ3n) is 2.13. The molecule has 4 heteroatoms. The van der Waals surface area contributed by atoms with Crippen molar-refractivity contribution in [2.75, 3.05) is 13.2 Å². The number of hydrogen-bond acceptors (Lipinski definition) is 3. The van der Waals surface area contributed by atoms with Gasteiger partial charge in [0, 0.05) is 10.9 Å². The summed E-state index contributed by atoms with van der Waals surface area (Å²) in [5, 5.41) is 8.41. The molecule has 0 unspecified atom stereocenters. The van der Waals surface area contributed by atoms with Crippen LogP contribution in [0.15, 0.2) is 22.7 Å². The number of nitrogens with two attached hydrogens (primary N) is 1. The summed E-state index contributed by atoms with van der Waals surface area (Å²) in [6, 6.07) is 7.99. The first kappa shape index (κ1) is 13.0. The molecule has 0 spiro atoms. The van der Waals surface area contributed by atoms with Gasteiger partial charge in [-0.2, -0.15) is 5.26 Å². The van der Waals surface area contributed by atoms with Crippen LogP contribution in [0.2, 0.25) is 0 Å². The zero-order valence-electron chi connectivity index (χ0n) is 9.08. The van der Waals surface area contributed by atoms with Gasteiger partial charge in [0.2, 0.25) is 0 Å². The Morgan fingerprint density at radius 2 is 2.25 bits per heavy atom. The summed E-state index contributed by atoms with van der Waals surface area (Å²) in [5.41, 5.74) is 6.65. The summed E-state index contributed by atoms with van der Waals surface area (Å²) in [6.45, 7) is 1.18. The van der Waals surface area contributed by atoms with Crippen LogP contribution in [0.3, 0.4) is 0 Å². The Kier molecular flexibility index (Phi) is 5.91. The molecule has 0 aromatic heterocycles. The molecular formula is C12H15BrN2O. The Labute approximate surface area is 104 Å². The maximum Gasteiger partial charge on any atom is 0.122 e. The number of hydrogen-bond donors (Lipinski definition) is 1. The van der Waals surface area contributed by atoms with E-state index in [2.05, 4.69) is 22.0 Å². The van der Waals surface area contributed by atoms with E-state index in [1.807, 2.05) is 18.2 Å². The van der Waals surface area contributed by atoms with Crippen molar-refractivity contribution in [3.63, 3.8) is 0 Å². The molecule has 1 aromatic carbocycles. The second-order valence-corrected chi connectivity index (χ2v) is 4.32. The van der Waals surface area contributed by atoms with Gasteiger partial charge >= 0.3 is 0 Å². The lowest BCUT2D eigenvalue weighted by atomic mass is 10.1. The summed E-state index contributed by atoms with van der Waals surface area (Å²) in [4.78, 5) is 0. The molecule has 86 valence electrons. The smallest absolute Gasteiger partial charge is 0.122 e. The van der Waals surface area contributed by atoms with Crippen molar-refractivity contribution >= 4 is 15.9 Å². The molecule has 3 nitrogen and oxygen atoms in total. The van der Waals surface area contributed by atoms with Crippen LogP contribution in [0, 0.1) is 11.3 Å². The first-order valence-corrected chi connectivity index (χ1v) is 6.05. The third-order valence-corrected chi connectivity index (χ3v) is 2.62. The number of nitriles is 1. The van der Waals surface area contributed by atoms with Gasteiger partial charge in [0.1, 0.15) is 5.75 Å². The van der Waals surface area contributed by atoms with Crippen LogP contribution in [0.4, 0.5) is 0 Å². The zero-order chi connectivity index (χ0) is 11.8. The van der Waals surface area contributed by atoms with E-state index >= 15 is 0 Å². The first-order chi connectivity index (χ1) is 7.77. The van der Waals surface area contributed by atoms with E-state index in [1.54, 1.807) is 0 Å². The Morgan fingerprint density at radius 1 is 1.44 bits per heavy atom. The standard InChI is InChI=1S/C12H15BrN2O/c13-11-3-4-12(10(9-11)5-7-15)16-8-2-1-6-14/h3-4,9H,1-2,5,7-8,15H2. The van der Waals surface area contributed by atoms with Crippen molar-refractivity contribution in [1.82, 2.24) is 0 Å². The normalized spacial score (nSPS) is 9.81. The maximum absolute atomic E-state index is 8.41. The average molecular weight is 283 g/mol. The van der Waals surface area contributed by atoms with Crippen LogP contribution in [-0.2, 0) is 6.42 Å². The number of rotatable bonds is 6. The van der Waals surface area contributed by atoms with E-state index in [0.29, 0.717) is 19.6 Å². The molecule has 0 heterocycles. The molecule has 0 aliphatic carbocycles. The van der Waals surface area contributed by atoms with E-state index in [0.717, 1.165) is 28.6 Å². The van der Waals surface area contributed by atoms with E-state index in [4.69, 9.17) is 15.7 Å². The highest BCUT2D eigenvalue weighted by Crippen LogP contribution is 2.23. The largest absolute Gasteiger partial charge is 0.493 e. The average Bonchev–Trinajstić information content (AvgIpc) is 2.27. The van der Waals surface area contributed by atoms with Crippen LogP contribution >= 0.6 is 15.9 Å². The van der Waals surface area contributed by atoms with E-state index in [1.165, 1.54) is 0 Å². The van der Waals surface area contributed by atoms with Crippen LogP contribution in [0.5, 0.6) is 5.75 Å². The molecule has 0 amide bonds. The van der Waals surface area contributed by atoms with Crippen LogP contribution in [-0.4, -0.2) is 13.2 Å². The lowest BCUT2D eigenvalue weighted by molar-refractivity contribution is 0.309. The first-order valence-electron chi connectivity index (χ1n) is 5.26. The number of benzene rings is 1. The van der Waals surface area contributed by atoms with Crippen molar-refractivity contribution in [2.45, 2.75) is 19.3 Å². The fourth-order valence-electron chi connectivity index (χ4n) is 1.37. The van der Waals surface area contributed by atoms with Gasteiger partial charge in [-0.1, -0.05) is 15.9 Å².